The average molecular weight is 697 g/mol. The Balaban J connectivity index is 0.883. The van der Waals surface area contributed by atoms with Crippen LogP contribution in [0.3, 0.4) is 0 Å². The summed E-state index contributed by atoms with van der Waals surface area (Å²) in [4.78, 5) is 61.7. The van der Waals surface area contributed by atoms with Gasteiger partial charge in [0.25, 0.3) is 11.8 Å². The van der Waals surface area contributed by atoms with Crippen molar-refractivity contribution in [2.24, 2.45) is 11.1 Å². The summed E-state index contributed by atoms with van der Waals surface area (Å²) in [5, 5.41) is 10.5. The molecule has 15 heteroatoms. The van der Waals surface area contributed by atoms with Gasteiger partial charge >= 0.3 is 6.03 Å². The van der Waals surface area contributed by atoms with Crippen molar-refractivity contribution in [3.8, 4) is 0 Å². The molecule has 0 aliphatic carbocycles. The molecule has 6 heterocycles. The summed E-state index contributed by atoms with van der Waals surface area (Å²) in [5.41, 5.74) is 11.9. The quantitative estimate of drug-likeness (QED) is 0.263. The molecule has 50 heavy (non-hydrogen) atoms. The molecule has 4 aliphatic heterocycles. The predicted octanol–water partition coefficient (Wildman–Crippen LogP) is 3.40. The number of halogens is 1. The number of carbonyl (C=O) groups is 4. The maximum absolute atomic E-state index is 13.5. The largest absolute Gasteiger partial charge is 0.385 e. The van der Waals surface area contributed by atoms with E-state index in [1.807, 2.05) is 18.0 Å². The third-order valence-corrected chi connectivity index (χ3v) is 10.8. The molecule has 0 unspecified atom stereocenters. The number of imidazole rings is 1. The highest BCUT2D eigenvalue weighted by Gasteiger charge is 2.45. The van der Waals surface area contributed by atoms with Crippen molar-refractivity contribution < 1.29 is 19.2 Å². The summed E-state index contributed by atoms with van der Waals surface area (Å²) in [6.07, 6.45) is 4.39. The lowest BCUT2D eigenvalue weighted by molar-refractivity contribution is -0.120. The number of amides is 5. The zero-order chi connectivity index (χ0) is 34.7. The first-order chi connectivity index (χ1) is 24.1. The summed E-state index contributed by atoms with van der Waals surface area (Å²) in [7, 11) is 1.81. The number of fused-ring (bicyclic) bond motifs is 2. The number of hydrogen-bond acceptors (Lipinski definition) is 9. The normalized spacial score (nSPS) is 18.7. The van der Waals surface area contributed by atoms with Gasteiger partial charge in [-0.05, 0) is 60.1 Å². The van der Waals surface area contributed by atoms with E-state index >= 15 is 0 Å². The molecular formula is C35H37ClN10O4. The van der Waals surface area contributed by atoms with Crippen LogP contribution in [-0.4, -0.2) is 94.5 Å². The second kappa shape index (κ2) is 12.3. The lowest BCUT2D eigenvalue weighted by Crippen LogP contribution is -2.60. The minimum atomic E-state index is -0.582. The van der Waals surface area contributed by atoms with Crippen molar-refractivity contribution in [3.63, 3.8) is 0 Å². The molecule has 2 aromatic carbocycles. The Labute approximate surface area is 293 Å². The number of imide groups is 1. The van der Waals surface area contributed by atoms with Crippen LogP contribution in [0.25, 0.3) is 5.65 Å². The summed E-state index contributed by atoms with van der Waals surface area (Å²) in [6, 6.07) is 13.0. The molecule has 3 saturated heterocycles. The zero-order valence-electron chi connectivity index (χ0n) is 27.6. The number of urea groups is 1. The van der Waals surface area contributed by atoms with Gasteiger partial charge in [0.1, 0.15) is 5.69 Å². The predicted molar refractivity (Wildman–Crippen MR) is 188 cm³/mol. The fraction of sp³-hybridized carbons (Fsp3) is 0.371. The molecule has 2 aromatic heterocycles. The monoisotopic (exact) mass is 696 g/mol. The number of nitrogens with zero attached hydrogens (tertiary/aromatic N) is 7. The number of benzene rings is 2. The minimum Gasteiger partial charge on any atom is -0.385 e. The van der Waals surface area contributed by atoms with Gasteiger partial charge < -0.3 is 20.9 Å². The van der Waals surface area contributed by atoms with Crippen molar-refractivity contribution in [3.05, 3.63) is 76.1 Å². The van der Waals surface area contributed by atoms with E-state index in [1.54, 1.807) is 18.2 Å². The van der Waals surface area contributed by atoms with Crippen LogP contribution < -0.4 is 26.2 Å². The lowest BCUT2D eigenvalue weighted by Gasteiger charge is -2.54. The van der Waals surface area contributed by atoms with Gasteiger partial charge in [-0.3, -0.25) is 29.5 Å². The number of nitrogens with two attached hydrogens (primary N) is 1. The minimum absolute atomic E-state index is 0.0785. The van der Waals surface area contributed by atoms with Crippen molar-refractivity contribution in [2.45, 2.75) is 32.2 Å². The van der Waals surface area contributed by atoms with Crippen LogP contribution in [0.5, 0.6) is 0 Å². The second-order valence-electron chi connectivity index (χ2n) is 13.6. The molecule has 0 saturated carbocycles. The number of anilines is 4. The Bertz CT molecular complexity index is 2070. The van der Waals surface area contributed by atoms with E-state index in [2.05, 4.69) is 43.6 Å². The molecule has 4 aliphatic rings. The van der Waals surface area contributed by atoms with Crippen LogP contribution in [0.2, 0.25) is 5.02 Å². The second-order valence-corrected chi connectivity index (χ2v) is 14.0. The number of piperidine rings is 1. The highest BCUT2D eigenvalue weighted by atomic mass is 35.5. The van der Waals surface area contributed by atoms with E-state index in [9.17, 15) is 19.2 Å². The van der Waals surface area contributed by atoms with E-state index in [0.717, 1.165) is 56.8 Å². The van der Waals surface area contributed by atoms with E-state index in [4.69, 9.17) is 22.4 Å². The first-order valence-corrected chi connectivity index (χ1v) is 17.2. The molecule has 14 nitrogen and oxygen atoms in total. The Morgan fingerprint density at radius 3 is 2.50 bits per heavy atom. The highest BCUT2D eigenvalue weighted by molar-refractivity contribution is 6.34. The molecule has 258 valence electrons. The van der Waals surface area contributed by atoms with Crippen molar-refractivity contribution >= 4 is 63.9 Å². The fourth-order valence-corrected chi connectivity index (χ4v) is 8.05. The number of likely N-dealkylation sites (tertiary alicyclic amines) is 2. The molecule has 4 N–H and O–H groups in total. The van der Waals surface area contributed by atoms with Gasteiger partial charge in [-0.1, -0.05) is 23.7 Å². The Morgan fingerprint density at radius 1 is 0.980 bits per heavy atom. The fourth-order valence-electron chi connectivity index (χ4n) is 7.83. The molecule has 0 radical (unpaired) electrons. The number of primary amides is 1. The van der Waals surface area contributed by atoms with Crippen LogP contribution in [0.15, 0.2) is 48.7 Å². The number of aromatic nitrogens is 3. The third kappa shape index (κ3) is 5.57. The average Bonchev–Trinajstić information content (AvgIpc) is 3.72. The maximum atomic E-state index is 13.5. The smallest absolute Gasteiger partial charge is 0.328 e. The van der Waals surface area contributed by atoms with Crippen molar-refractivity contribution in [1.82, 2.24) is 29.7 Å². The van der Waals surface area contributed by atoms with Gasteiger partial charge in [0.2, 0.25) is 5.91 Å². The molecule has 5 amide bonds. The Morgan fingerprint density at radius 2 is 1.76 bits per heavy atom. The summed E-state index contributed by atoms with van der Waals surface area (Å²) in [5.74, 6) is -0.269. The molecule has 4 aromatic rings. The van der Waals surface area contributed by atoms with Gasteiger partial charge in [0.15, 0.2) is 11.5 Å². The van der Waals surface area contributed by atoms with Crippen LogP contribution >= 0.6 is 11.6 Å². The number of hydrogen-bond donors (Lipinski definition) is 3. The van der Waals surface area contributed by atoms with Gasteiger partial charge in [-0.15, -0.1) is 5.10 Å². The summed E-state index contributed by atoms with van der Waals surface area (Å²) < 4.78 is 1.51. The van der Waals surface area contributed by atoms with Gasteiger partial charge in [0, 0.05) is 76.6 Å². The van der Waals surface area contributed by atoms with E-state index < -0.39 is 11.9 Å². The van der Waals surface area contributed by atoms with Crippen LogP contribution in [0, 0.1) is 5.41 Å². The Kier molecular flexibility index (Phi) is 7.87. The molecular weight excluding hydrogens is 660 g/mol. The van der Waals surface area contributed by atoms with Crippen LogP contribution in [0.4, 0.5) is 27.7 Å². The van der Waals surface area contributed by atoms with Crippen LogP contribution in [0.1, 0.15) is 51.2 Å². The van der Waals surface area contributed by atoms with E-state index in [-0.39, 0.29) is 35.9 Å². The highest BCUT2D eigenvalue weighted by Crippen LogP contribution is 2.42. The van der Waals surface area contributed by atoms with E-state index in [0.29, 0.717) is 40.8 Å². The zero-order valence-corrected chi connectivity index (χ0v) is 28.4. The number of rotatable bonds is 7. The van der Waals surface area contributed by atoms with Crippen molar-refractivity contribution in [1.29, 1.82) is 0 Å². The summed E-state index contributed by atoms with van der Waals surface area (Å²) in [6.45, 7) is 5.20. The van der Waals surface area contributed by atoms with Gasteiger partial charge in [-0.25, -0.2) is 14.3 Å². The van der Waals surface area contributed by atoms with E-state index in [1.165, 1.54) is 26.7 Å². The first-order valence-electron chi connectivity index (χ1n) is 16.8. The first kappa shape index (κ1) is 32.0. The number of carbonyl (C=O) groups excluding carboxylic acids is 4. The molecule has 8 rings (SSSR count). The molecule has 1 spiro atoms. The lowest BCUT2D eigenvalue weighted by atomic mass is 9.71. The maximum Gasteiger partial charge on any atom is 0.328 e. The topological polar surface area (TPSA) is 162 Å². The standard InChI is InChI=1S/C35H37ClN10O4/c1-38-25-16-29(41-46-28(31(37)48)17-39-32(25)46)44-10-6-22-14-21(2-5-26(22)44)18-42-19-35(20-42)8-12-43(13-9-35)33(49)23-3-4-24(36)27(15-23)45-11-7-30(47)40-34(45)50/h2-5,14-17,38H,6-13,18-20H2,1H3,(H2,37,48)(H,40,47,50). The Hall–Kier alpha value is -5.21. The van der Waals surface area contributed by atoms with Gasteiger partial charge in [-0.2, -0.15) is 0 Å². The SMILES string of the molecule is CNc1cc(N2CCc3cc(CN4CC5(CCN(C(=O)c6ccc(Cl)c(N7CCC(=O)NC7=O)c6)CC5)C4)ccc32)nn2c(C(N)=O)cnc12. The molecule has 0 bridgehead atoms. The molecule has 3 fully saturated rings. The molecule has 0 atom stereocenters. The number of nitrogens with one attached hydrogen (secondary N) is 2. The van der Waals surface area contributed by atoms with Gasteiger partial charge in [0.05, 0.1) is 22.6 Å². The van der Waals surface area contributed by atoms with Crippen LogP contribution in [-0.2, 0) is 17.8 Å². The third-order valence-electron chi connectivity index (χ3n) is 10.5. The summed E-state index contributed by atoms with van der Waals surface area (Å²) >= 11 is 6.40. The van der Waals surface area contributed by atoms with Crippen molar-refractivity contribution in [2.75, 3.05) is 61.4 Å².